The number of amides is 5. The van der Waals surface area contributed by atoms with E-state index in [1.807, 2.05) is 6.92 Å². The predicted molar refractivity (Wildman–Crippen MR) is 183 cm³/mol. The lowest BCUT2D eigenvalue weighted by molar-refractivity contribution is -0.145. The summed E-state index contributed by atoms with van der Waals surface area (Å²) in [4.78, 5) is 85.5. The van der Waals surface area contributed by atoms with E-state index in [1.54, 1.807) is 17.0 Å². The number of fused-ring (bicyclic) bond motifs is 1. The van der Waals surface area contributed by atoms with Gasteiger partial charge in [-0.2, -0.15) is 0 Å². The Kier molecular flexibility index (Phi) is 16.0. The fraction of sp³-hybridized carbons (Fsp3) is 0.676. The third-order valence-electron chi connectivity index (χ3n) is 9.34. The minimum atomic E-state index is -4.69. The van der Waals surface area contributed by atoms with Crippen LogP contribution in [0.2, 0.25) is 0 Å². The van der Waals surface area contributed by atoms with Crippen molar-refractivity contribution in [3.8, 4) is 5.75 Å². The second-order valence-electron chi connectivity index (χ2n) is 13.1. The Hall–Kier alpha value is -3.48. The summed E-state index contributed by atoms with van der Waals surface area (Å²) in [5.74, 6) is -2.53. The molecule has 2 fully saturated rings. The van der Waals surface area contributed by atoms with E-state index in [2.05, 4.69) is 27.4 Å². The first-order valence-electron chi connectivity index (χ1n) is 17.7. The van der Waals surface area contributed by atoms with Crippen LogP contribution in [-0.4, -0.2) is 74.9 Å². The summed E-state index contributed by atoms with van der Waals surface area (Å²) in [6.45, 7) is 4.45. The molecule has 2 heterocycles. The predicted octanol–water partition coefficient (Wildman–Crippen LogP) is 2.98. The molecule has 0 aromatic heterocycles. The lowest BCUT2D eigenvalue weighted by Gasteiger charge is -2.36. The largest absolute Gasteiger partial charge is 0.524 e. The third-order valence-corrected chi connectivity index (χ3v) is 9.79. The van der Waals surface area contributed by atoms with E-state index in [-0.39, 0.29) is 36.4 Å². The van der Waals surface area contributed by atoms with Gasteiger partial charge in [0.1, 0.15) is 23.9 Å². The van der Waals surface area contributed by atoms with E-state index in [9.17, 15) is 28.5 Å². The van der Waals surface area contributed by atoms with Gasteiger partial charge < -0.3 is 31.1 Å². The highest BCUT2D eigenvalue weighted by molar-refractivity contribution is 7.46. The Balaban J connectivity index is 1.67. The van der Waals surface area contributed by atoms with E-state index in [1.165, 1.54) is 12.1 Å². The van der Waals surface area contributed by atoms with Crippen molar-refractivity contribution in [1.82, 2.24) is 20.9 Å². The quantitative estimate of drug-likeness (QED) is 0.0919. The topological polar surface area (TPSA) is 217 Å². The third kappa shape index (κ3) is 13.1. The van der Waals surface area contributed by atoms with E-state index in [4.69, 9.17) is 15.5 Å². The highest BCUT2D eigenvalue weighted by Crippen LogP contribution is 2.37. The zero-order valence-corrected chi connectivity index (χ0v) is 29.6. The number of primary amides is 1. The molecular formula is C34H54N5O9P. The van der Waals surface area contributed by atoms with Gasteiger partial charge in [-0.25, -0.2) is 4.57 Å². The van der Waals surface area contributed by atoms with Crippen molar-refractivity contribution in [3.63, 3.8) is 0 Å². The van der Waals surface area contributed by atoms with Crippen molar-refractivity contribution in [1.29, 1.82) is 0 Å². The molecule has 15 heteroatoms. The summed E-state index contributed by atoms with van der Waals surface area (Å²) in [6, 6.07) is 3.33. The zero-order valence-electron chi connectivity index (χ0n) is 28.7. The number of nitrogens with one attached hydrogen (secondary N) is 3. The van der Waals surface area contributed by atoms with Gasteiger partial charge in [0.15, 0.2) is 0 Å². The standard InChI is InChI=1S/C34H54N5O9P/c1-3-5-6-7-10-21-36-32(42)27(18-20-30(35)40)37-33(43)29-19-15-25-11-8-9-12-28(34(44)39(25)29)38-31(41)24(4-2)22-23-13-16-26(17-14-23)48-49(45,46)47/h13-14,16-17,24-25,27-29H,3-12,15,18-22H2,1-2H3,(H2,35,40)(H,36,42)(H,37,43)(H,38,41)(H2,45,46,47)/t24-,25?,27-,28-,29-/m0/s1. The summed E-state index contributed by atoms with van der Waals surface area (Å²) >= 11 is 0. The zero-order chi connectivity index (χ0) is 36.0. The van der Waals surface area contributed by atoms with E-state index in [0.29, 0.717) is 38.6 Å². The van der Waals surface area contributed by atoms with Crippen molar-refractivity contribution in [2.24, 2.45) is 11.7 Å². The summed E-state index contributed by atoms with van der Waals surface area (Å²) in [5.41, 5.74) is 6.11. The molecule has 274 valence electrons. The van der Waals surface area contributed by atoms with Crippen LogP contribution in [0.1, 0.15) is 109 Å². The second kappa shape index (κ2) is 19.6. The molecule has 0 spiro atoms. The van der Waals surface area contributed by atoms with Gasteiger partial charge >= 0.3 is 7.82 Å². The Morgan fingerprint density at radius 3 is 2.33 bits per heavy atom. The molecule has 1 aromatic carbocycles. The molecule has 1 unspecified atom stereocenters. The van der Waals surface area contributed by atoms with Crippen LogP contribution in [-0.2, 0) is 35.0 Å². The first-order chi connectivity index (χ1) is 23.3. The van der Waals surface area contributed by atoms with Gasteiger partial charge in [-0.1, -0.05) is 64.5 Å². The van der Waals surface area contributed by atoms with Crippen LogP contribution in [0.3, 0.4) is 0 Å². The number of phosphoric ester groups is 1. The molecule has 2 saturated heterocycles. The van der Waals surface area contributed by atoms with Crippen LogP contribution in [0.5, 0.6) is 5.75 Å². The average molecular weight is 708 g/mol. The maximum absolute atomic E-state index is 14.0. The Labute approximate surface area is 288 Å². The number of nitrogens with two attached hydrogens (primary N) is 1. The van der Waals surface area contributed by atoms with Gasteiger partial charge in [0.05, 0.1) is 0 Å². The van der Waals surface area contributed by atoms with Gasteiger partial charge in [-0.15, -0.1) is 0 Å². The lowest BCUT2D eigenvalue weighted by atomic mass is 9.94. The highest BCUT2D eigenvalue weighted by Gasteiger charge is 2.44. The van der Waals surface area contributed by atoms with Crippen molar-refractivity contribution in [2.45, 2.75) is 134 Å². The number of hydrogen-bond donors (Lipinski definition) is 6. The van der Waals surface area contributed by atoms with Crippen LogP contribution in [0, 0.1) is 5.92 Å². The van der Waals surface area contributed by atoms with Crippen molar-refractivity contribution >= 4 is 37.4 Å². The first kappa shape index (κ1) is 40.0. The monoisotopic (exact) mass is 707 g/mol. The molecule has 3 rings (SSSR count). The van der Waals surface area contributed by atoms with Gasteiger partial charge in [-0.3, -0.25) is 33.8 Å². The molecule has 14 nitrogen and oxygen atoms in total. The molecule has 0 radical (unpaired) electrons. The van der Waals surface area contributed by atoms with Crippen LogP contribution >= 0.6 is 7.82 Å². The number of benzene rings is 1. The summed E-state index contributed by atoms with van der Waals surface area (Å²) in [7, 11) is -4.69. The number of carbonyl (C=O) groups excluding carboxylic acids is 5. The average Bonchev–Trinajstić information content (AvgIpc) is 3.47. The fourth-order valence-corrected chi connectivity index (χ4v) is 7.03. The molecule has 5 amide bonds. The number of hydrogen-bond acceptors (Lipinski definition) is 7. The normalized spacial score (nSPS) is 20.7. The molecule has 5 atom stereocenters. The van der Waals surface area contributed by atoms with Gasteiger partial charge in [-0.05, 0) is 69.1 Å². The highest BCUT2D eigenvalue weighted by atomic mass is 31.2. The molecule has 1 aromatic rings. The van der Waals surface area contributed by atoms with Crippen LogP contribution in [0.25, 0.3) is 0 Å². The van der Waals surface area contributed by atoms with Crippen LogP contribution in [0.15, 0.2) is 24.3 Å². The lowest BCUT2D eigenvalue weighted by Crippen LogP contribution is -2.58. The molecule has 2 aliphatic rings. The number of carbonyl (C=O) groups is 5. The molecule has 2 aliphatic heterocycles. The van der Waals surface area contributed by atoms with Crippen molar-refractivity contribution in [2.75, 3.05) is 6.54 Å². The molecule has 0 aliphatic carbocycles. The minimum Gasteiger partial charge on any atom is -0.404 e. The molecule has 0 bridgehead atoms. The number of rotatable bonds is 19. The Morgan fingerprint density at radius 1 is 0.980 bits per heavy atom. The molecule has 7 N–H and O–H groups in total. The minimum absolute atomic E-state index is 0.00563. The number of unbranched alkanes of at least 4 members (excludes halogenated alkanes) is 4. The molecule has 0 saturated carbocycles. The second-order valence-corrected chi connectivity index (χ2v) is 14.3. The van der Waals surface area contributed by atoms with Gasteiger partial charge in [0.25, 0.3) is 0 Å². The van der Waals surface area contributed by atoms with Crippen LogP contribution in [0.4, 0.5) is 0 Å². The van der Waals surface area contributed by atoms with E-state index in [0.717, 1.165) is 56.9 Å². The maximum Gasteiger partial charge on any atom is 0.524 e. The molecular weight excluding hydrogens is 653 g/mol. The summed E-state index contributed by atoms with van der Waals surface area (Å²) in [6.07, 6.45) is 9.67. The van der Waals surface area contributed by atoms with Gasteiger partial charge in [0.2, 0.25) is 29.5 Å². The number of phosphoric acid groups is 1. The fourth-order valence-electron chi connectivity index (χ4n) is 6.63. The van der Waals surface area contributed by atoms with Crippen molar-refractivity contribution in [3.05, 3.63) is 29.8 Å². The Morgan fingerprint density at radius 2 is 1.67 bits per heavy atom. The molecule has 49 heavy (non-hydrogen) atoms. The Bertz CT molecular complexity index is 1320. The summed E-state index contributed by atoms with van der Waals surface area (Å²) < 4.78 is 15.7. The number of nitrogens with zero attached hydrogens (tertiary/aromatic N) is 1. The summed E-state index contributed by atoms with van der Waals surface area (Å²) in [5, 5.41) is 8.61. The van der Waals surface area contributed by atoms with Crippen LogP contribution < -0.4 is 26.2 Å². The van der Waals surface area contributed by atoms with E-state index >= 15 is 0 Å². The smallest absolute Gasteiger partial charge is 0.404 e. The SMILES string of the molecule is CCCCCCCNC(=O)[C@H](CCC(N)=O)NC(=O)[C@@H]1CCC2CCCC[C@H](NC(=O)[C@@H](CC)Cc3ccc(OP(=O)(O)O)cc3)C(=O)N21. The van der Waals surface area contributed by atoms with Crippen molar-refractivity contribution < 1.29 is 42.8 Å². The van der Waals surface area contributed by atoms with Gasteiger partial charge in [0, 0.05) is 24.9 Å². The van der Waals surface area contributed by atoms with E-state index < -0.39 is 49.6 Å². The maximum atomic E-state index is 14.0. The first-order valence-corrected chi connectivity index (χ1v) is 19.2.